The lowest BCUT2D eigenvalue weighted by molar-refractivity contribution is -0.130. The SMILES string of the molecule is CCCNCC(=O)N(CCC)CCN(C)C. The molecule has 4 heteroatoms. The second-order valence-corrected chi connectivity index (χ2v) is 4.36. The third kappa shape index (κ3) is 7.65. The Labute approximate surface area is 100.0 Å². The quantitative estimate of drug-likeness (QED) is 0.594. The first kappa shape index (κ1) is 15.4. The monoisotopic (exact) mass is 229 g/mol. The van der Waals surface area contributed by atoms with E-state index in [0.29, 0.717) is 6.54 Å². The molecule has 0 bridgehead atoms. The number of hydrogen-bond acceptors (Lipinski definition) is 3. The largest absolute Gasteiger partial charge is 0.340 e. The second kappa shape index (κ2) is 9.60. The predicted molar refractivity (Wildman–Crippen MR) is 68.6 cm³/mol. The Balaban J connectivity index is 3.92. The van der Waals surface area contributed by atoms with Crippen molar-refractivity contribution in [3.05, 3.63) is 0 Å². The third-order valence-electron chi connectivity index (χ3n) is 2.37. The van der Waals surface area contributed by atoms with E-state index in [4.69, 9.17) is 0 Å². The molecule has 1 N–H and O–H groups in total. The van der Waals surface area contributed by atoms with Crippen molar-refractivity contribution in [1.82, 2.24) is 15.1 Å². The van der Waals surface area contributed by atoms with Gasteiger partial charge >= 0.3 is 0 Å². The standard InChI is InChI=1S/C12H27N3O/c1-5-7-13-11-12(16)15(8-6-2)10-9-14(3)4/h13H,5-11H2,1-4H3. The Morgan fingerprint density at radius 3 is 2.25 bits per heavy atom. The average Bonchev–Trinajstić information content (AvgIpc) is 2.24. The Bertz CT molecular complexity index is 183. The van der Waals surface area contributed by atoms with E-state index in [1.165, 1.54) is 0 Å². The first-order chi connectivity index (χ1) is 7.61. The molecule has 16 heavy (non-hydrogen) atoms. The van der Waals surface area contributed by atoms with E-state index in [1.54, 1.807) is 0 Å². The van der Waals surface area contributed by atoms with E-state index in [-0.39, 0.29) is 5.91 Å². The van der Waals surface area contributed by atoms with Crippen molar-refractivity contribution < 1.29 is 4.79 Å². The molecule has 0 aliphatic rings. The number of nitrogens with zero attached hydrogens (tertiary/aromatic N) is 2. The van der Waals surface area contributed by atoms with Crippen LogP contribution in [0.4, 0.5) is 0 Å². The van der Waals surface area contributed by atoms with Gasteiger partial charge in [-0.25, -0.2) is 0 Å². The molecule has 0 aliphatic heterocycles. The normalized spacial score (nSPS) is 10.8. The predicted octanol–water partition coefficient (Wildman–Crippen LogP) is 0.786. The van der Waals surface area contributed by atoms with E-state index in [2.05, 4.69) is 24.1 Å². The van der Waals surface area contributed by atoms with E-state index >= 15 is 0 Å². The first-order valence-electron chi connectivity index (χ1n) is 6.25. The zero-order valence-corrected chi connectivity index (χ0v) is 11.3. The highest BCUT2D eigenvalue weighted by Crippen LogP contribution is 1.93. The maximum absolute atomic E-state index is 11.9. The molecule has 0 heterocycles. The summed E-state index contributed by atoms with van der Waals surface area (Å²) in [5.74, 6) is 0.220. The van der Waals surface area contributed by atoms with Crippen LogP contribution in [0.15, 0.2) is 0 Å². The van der Waals surface area contributed by atoms with E-state index in [9.17, 15) is 4.79 Å². The third-order valence-corrected chi connectivity index (χ3v) is 2.37. The first-order valence-corrected chi connectivity index (χ1v) is 6.25. The molecule has 0 aromatic carbocycles. The number of rotatable bonds is 9. The van der Waals surface area contributed by atoms with Crippen molar-refractivity contribution in [1.29, 1.82) is 0 Å². The van der Waals surface area contributed by atoms with Crippen molar-refractivity contribution in [2.24, 2.45) is 0 Å². The van der Waals surface area contributed by atoms with Crippen LogP contribution >= 0.6 is 0 Å². The van der Waals surface area contributed by atoms with Crippen LogP contribution in [0.2, 0.25) is 0 Å². The lowest BCUT2D eigenvalue weighted by Crippen LogP contribution is -2.42. The number of carbonyl (C=O) groups is 1. The van der Waals surface area contributed by atoms with Crippen LogP contribution in [0.5, 0.6) is 0 Å². The van der Waals surface area contributed by atoms with Gasteiger partial charge in [0.05, 0.1) is 6.54 Å². The summed E-state index contributed by atoms with van der Waals surface area (Å²) in [5, 5.41) is 3.16. The van der Waals surface area contributed by atoms with Gasteiger partial charge in [-0.2, -0.15) is 0 Å². The van der Waals surface area contributed by atoms with Crippen LogP contribution in [0, 0.1) is 0 Å². The maximum Gasteiger partial charge on any atom is 0.236 e. The Morgan fingerprint density at radius 1 is 1.06 bits per heavy atom. The topological polar surface area (TPSA) is 35.6 Å². The summed E-state index contributed by atoms with van der Waals surface area (Å²) in [7, 11) is 4.06. The lowest BCUT2D eigenvalue weighted by atomic mass is 10.3. The van der Waals surface area contributed by atoms with Gasteiger partial charge in [0.25, 0.3) is 0 Å². The molecule has 4 nitrogen and oxygen atoms in total. The summed E-state index contributed by atoms with van der Waals surface area (Å²) in [5.41, 5.74) is 0. The molecule has 0 radical (unpaired) electrons. The number of nitrogens with one attached hydrogen (secondary N) is 1. The van der Waals surface area contributed by atoms with Crippen LogP contribution in [-0.2, 0) is 4.79 Å². The minimum absolute atomic E-state index is 0.220. The van der Waals surface area contributed by atoms with Crippen LogP contribution in [0.25, 0.3) is 0 Å². The minimum atomic E-state index is 0.220. The van der Waals surface area contributed by atoms with Crippen molar-refractivity contribution in [2.75, 3.05) is 46.8 Å². The number of carbonyl (C=O) groups excluding carboxylic acids is 1. The van der Waals surface area contributed by atoms with Gasteiger partial charge in [0, 0.05) is 19.6 Å². The number of likely N-dealkylation sites (N-methyl/N-ethyl adjacent to an activating group) is 1. The molecule has 0 rings (SSSR count). The van der Waals surface area contributed by atoms with E-state index in [1.807, 2.05) is 19.0 Å². The van der Waals surface area contributed by atoms with Crippen molar-refractivity contribution in [3.63, 3.8) is 0 Å². The fraction of sp³-hybridized carbons (Fsp3) is 0.917. The molecular formula is C12H27N3O. The molecule has 0 aromatic heterocycles. The fourth-order valence-electron chi connectivity index (χ4n) is 1.44. The van der Waals surface area contributed by atoms with Gasteiger partial charge in [0.1, 0.15) is 0 Å². The number of amides is 1. The lowest BCUT2D eigenvalue weighted by Gasteiger charge is -2.24. The van der Waals surface area contributed by atoms with E-state index < -0.39 is 0 Å². The van der Waals surface area contributed by atoms with Gasteiger partial charge in [-0.3, -0.25) is 4.79 Å². The van der Waals surface area contributed by atoms with Crippen molar-refractivity contribution >= 4 is 5.91 Å². The molecule has 1 amide bonds. The Morgan fingerprint density at radius 2 is 1.75 bits per heavy atom. The van der Waals surface area contributed by atoms with Crippen LogP contribution in [0.1, 0.15) is 26.7 Å². The van der Waals surface area contributed by atoms with Crippen LogP contribution in [-0.4, -0.2) is 62.5 Å². The highest BCUT2D eigenvalue weighted by atomic mass is 16.2. The molecule has 0 aromatic rings. The summed E-state index contributed by atoms with van der Waals surface area (Å²) >= 11 is 0. The zero-order valence-electron chi connectivity index (χ0n) is 11.3. The van der Waals surface area contributed by atoms with Gasteiger partial charge in [-0.1, -0.05) is 13.8 Å². The molecule has 0 aliphatic carbocycles. The van der Waals surface area contributed by atoms with Gasteiger partial charge in [-0.15, -0.1) is 0 Å². The Kier molecular flexibility index (Phi) is 9.24. The Hall–Kier alpha value is -0.610. The maximum atomic E-state index is 11.9. The highest BCUT2D eigenvalue weighted by molar-refractivity contribution is 5.78. The summed E-state index contributed by atoms with van der Waals surface area (Å²) in [4.78, 5) is 15.9. The van der Waals surface area contributed by atoms with Crippen molar-refractivity contribution in [3.8, 4) is 0 Å². The highest BCUT2D eigenvalue weighted by Gasteiger charge is 2.11. The minimum Gasteiger partial charge on any atom is -0.340 e. The molecule has 0 saturated carbocycles. The van der Waals surface area contributed by atoms with E-state index in [0.717, 1.165) is 39.0 Å². The van der Waals surface area contributed by atoms with Gasteiger partial charge in [0.15, 0.2) is 0 Å². The molecule has 0 spiro atoms. The summed E-state index contributed by atoms with van der Waals surface area (Å²) < 4.78 is 0. The molecule has 0 saturated heterocycles. The average molecular weight is 229 g/mol. The van der Waals surface area contributed by atoms with Gasteiger partial charge < -0.3 is 15.1 Å². The molecule has 0 unspecified atom stereocenters. The summed E-state index contributed by atoms with van der Waals surface area (Å²) in [6.07, 6.45) is 2.09. The summed E-state index contributed by atoms with van der Waals surface area (Å²) in [6, 6.07) is 0. The molecular weight excluding hydrogens is 202 g/mol. The second-order valence-electron chi connectivity index (χ2n) is 4.36. The molecule has 0 fully saturated rings. The van der Waals surface area contributed by atoms with Crippen LogP contribution < -0.4 is 5.32 Å². The summed E-state index contributed by atoms with van der Waals surface area (Å²) in [6.45, 7) is 8.22. The van der Waals surface area contributed by atoms with Gasteiger partial charge in [-0.05, 0) is 33.5 Å². The smallest absolute Gasteiger partial charge is 0.236 e. The molecule has 0 atom stereocenters. The molecule has 96 valence electrons. The van der Waals surface area contributed by atoms with Crippen LogP contribution in [0.3, 0.4) is 0 Å². The number of hydrogen-bond donors (Lipinski definition) is 1. The zero-order chi connectivity index (χ0) is 12.4. The fourth-order valence-corrected chi connectivity index (χ4v) is 1.44. The van der Waals surface area contributed by atoms with Gasteiger partial charge in [0.2, 0.25) is 5.91 Å². The van der Waals surface area contributed by atoms with Crippen molar-refractivity contribution in [2.45, 2.75) is 26.7 Å².